The fourth-order valence-electron chi connectivity index (χ4n) is 3.81. The van der Waals surface area contributed by atoms with E-state index in [4.69, 9.17) is 0 Å². The van der Waals surface area contributed by atoms with Crippen molar-refractivity contribution in [1.29, 1.82) is 0 Å². The molecule has 0 atom stereocenters. The predicted molar refractivity (Wildman–Crippen MR) is 119 cm³/mol. The molecule has 9 nitrogen and oxygen atoms in total. The van der Waals surface area contributed by atoms with Gasteiger partial charge in [0.25, 0.3) is 5.56 Å². The van der Waals surface area contributed by atoms with Crippen molar-refractivity contribution in [3.63, 3.8) is 0 Å². The largest absolute Gasteiger partial charge is 0.352 e. The van der Waals surface area contributed by atoms with Gasteiger partial charge >= 0.3 is 5.69 Å². The Balaban J connectivity index is 1.61. The van der Waals surface area contributed by atoms with Crippen LogP contribution in [0.3, 0.4) is 0 Å². The number of fused-ring (bicyclic) bond motifs is 1. The second-order valence-corrected chi connectivity index (χ2v) is 7.55. The number of nitrogens with zero attached hydrogens (tertiary/aromatic N) is 5. The van der Waals surface area contributed by atoms with Gasteiger partial charge in [-0.25, -0.2) is 4.79 Å². The highest BCUT2D eigenvalue weighted by molar-refractivity contribution is 5.84. The van der Waals surface area contributed by atoms with E-state index in [9.17, 15) is 14.4 Å². The summed E-state index contributed by atoms with van der Waals surface area (Å²) in [5, 5.41) is 3.06. The zero-order valence-electron chi connectivity index (χ0n) is 17.9. The van der Waals surface area contributed by atoms with Crippen molar-refractivity contribution in [2.45, 2.75) is 6.92 Å². The first kappa shape index (κ1) is 21.6. The van der Waals surface area contributed by atoms with Crippen LogP contribution in [0.1, 0.15) is 6.92 Å². The number of anilines is 2. The molecule has 0 radical (unpaired) electrons. The molecule has 2 aliphatic rings. The molecular weight excluding hydrogens is 384 g/mol. The third-order valence-corrected chi connectivity index (χ3v) is 5.67. The van der Waals surface area contributed by atoms with Crippen LogP contribution in [-0.4, -0.2) is 70.8 Å². The number of carbonyl (C=O) groups is 1. The molecule has 3 rings (SSSR count). The van der Waals surface area contributed by atoms with Crippen LogP contribution >= 0.6 is 0 Å². The topological polar surface area (TPSA) is 82.8 Å². The van der Waals surface area contributed by atoms with Gasteiger partial charge in [0.1, 0.15) is 11.5 Å². The highest BCUT2D eigenvalue weighted by atomic mass is 16.2. The summed E-state index contributed by atoms with van der Waals surface area (Å²) in [7, 11) is 3.06. The van der Waals surface area contributed by atoms with Crippen LogP contribution in [0.15, 0.2) is 46.0 Å². The van der Waals surface area contributed by atoms with Crippen LogP contribution in [0.5, 0.6) is 0 Å². The molecule has 3 heterocycles. The number of aromatic nitrogens is 2. The lowest BCUT2D eigenvalue weighted by molar-refractivity contribution is -0.131. The van der Waals surface area contributed by atoms with Gasteiger partial charge in [-0.1, -0.05) is 30.9 Å². The molecule has 2 aliphatic heterocycles. The summed E-state index contributed by atoms with van der Waals surface area (Å²) in [4.78, 5) is 43.4. The molecule has 0 bridgehead atoms. The molecule has 1 aromatic heterocycles. The van der Waals surface area contributed by atoms with Crippen molar-refractivity contribution >= 4 is 17.4 Å². The maximum atomic E-state index is 12.9. The Labute approximate surface area is 176 Å². The van der Waals surface area contributed by atoms with E-state index in [2.05, 4.69) is 28.9 Å². The summed E-state index contributed by atoms with van der Waals surface area (Å²) in [6, 6.07) is 0. The Bertz CT molecular complexity index is 995. The Kier molecular flexibility index (Phi) is 6.61. The number of amides is 1. The van der Waals surface area contributed by atoms with Crippen molar-refractivity contribution < 1.29 is 4.79 Å². The van der Waals surface area contributed by atoms with E-state index >= 15 is 0 Å². The van der Waals surface area contributed by atoms with Gasteiger partial charge < -0.3 is 15.1 Å². The number of hydrogen-bond donors (Lipinski definition) is 1. The van der Waals surface area contributed by atoms with Crippen molar-refractivity contribution in [2.24, 2.45) is 14.1 Å². The second kappa shape index (κ2) is 9.17. The summed E-state index contributed by atoms with van der Waals surface area (Å²) in [6.45, 7) is 9.91. The normalized spacial score (nSPS) is 17.4. The molecular formula is C21H30N6O3. The van der Waals surface area contributed by atoms with Gasteiger partial charge in [0.15, 0.2) is 0 Å². The fourth-order valence-corrected chi connectivity index (χ4v) is 3.81. The van der Waals surface area contributed by atoms with Gasteiger partial charge in [-0.05, 0) is 12.5 Å². The molecule has 1 fully saturated rings. The third-order valence-electron chi connectivity index (χ3n) is 5.67. The standard InChI is InChI=1S/C21H30N6O3/c1-5-7-8-16(6-2)13-25-9-11-26(12-10-25)17(28)14-27-15-22-19-18(27)20(29)24(4)21(30)23(19)3/h5-8,22H,1,9-15H2,2-4H3/b8-7-,16-6+. The lowest BCUT2D eigenvalue weighted by Gasteiger charge is -2.35. The minimum Gasteiger partial charge on any atom is -0.352 e. The lowest BCUT2D eigenvalue weighted by Crippen LogP contribution is -2.51. The molecule has 30 heavy (non-hydrogen) atoms. The molecule has 0 spiro atoms. The summed E-state index contributed by atoms with van der Waals surface area (Å²) >= 11 is 0. The number of rotatable bonds is 6. The first-order valence-electron chi connectivity index (χ1n) is 10.1. The summed E-state index contributed by atoms with van der Waals surface area (Å²) in [5.41, 5.74) is 0.815. The first-order chi connectivity index (χ1) is 14.4. The van der Waals surface area contributed by atoms with Crippen LogP contribution in [0, 0.1) is 0 Å². The number of nitrogens with one attached hydrogen (secondary N) is 1. The zero-order chi connectivity index (χ0) is 21.8. The van der Waals surface area contributed by atoms with Gasteiger partial charge in [-0.3, -0.25) is 23.6 Å². The number of carbonyl (C=O) groups excluding carboxylic acids is 1. The van der Waals surface area contributed by atoms with Crippen molar-refractivity contribution in [1.82, 2.24) is 18.9 Å². The Hall–Kier alpha value is -3.07. The number of piperazine rings is 1. The molecule has 1 amide bonds. The van der Waals surface area contributed by atoms with E-state index in [0.717, 1.165) is 24.2 Å². The SMILES string of the molecule is C=C/C=C\C(=C/C)CN1CCN(C(=O)CN2CNc3c2c(=O)n(C)c(=O)n3C)CC1. The highest BCUT2D eigenvalue weighted by Crippen LogP contribution is 2.25. The van der Waals surface area contributed by atoms with Gasteiger partial charge in [0.05, 0.1) is 13.2 Å². The number of allylic oxidation sites excluding steroid dienone is 3. The van der Waals surface area contributed by atoms with Crippen molar-refractivity contribution in [3.05, 3.63) is 57.3 Å². The molecule has 0 aromatic carbocycles. The van der Waals surface area contributed by atoms with Crippen LogP contribution in [0.2, 0.25) is 0 Å². The van der Waals surface area contributed by atoms with Crippen LogP contribution in [0.4, 0.5) is 11.5 Å². The first-order valence-corrected chi connectivity index (χ1v) is 10.1. The molecule has 0 unspecified atom stereocenters. The molecule has 1 aromatic rings. The van der Waals surface area contributed by atoms with E-state index in [1.165, 1.54) is 17.2 Å². The van der Waals surface area contributed by atoms with E-state index in [1.807, 2.05) is 17.9 Å². The summed E-state index contributed by atoms with van der Waals surface area (Å²) < 4.78 is 2.47. The van der Waals surface area contributed by atoms with Gasteiger partial charge in [0, 0.05) is 46.8 Å². The van der Waals surface area contributed by atoms with Crippen molar-refractivity contribution in [3.8, 4) is 0 Å². The van der Waals surface area contributed by atoms with Gasteiger partial charge in [-0.15, -0.1) is 0 Å². The van der Waals surface area contributed by atoms with Crippen molar-refractivity contribution in [2.75, 3.05) is 56.2 Å². The van der Waals surface area contributed by atoms with Crippen LogP contribution in [-0.2, 0) is 18.9 Å². The third kappa shape index (κ3) is 4.25. The van der Waals surface area contributed by atoms with E-state index in [-0.39, 0.29) is 23.7 Å². The summed E-state index contributed by atoms with van der Waals surface area (Å²) in [6.07, 6.45) is 7.83. The predicted octanol–water partition coefficient (Wildman–Crippen LogP) is 0.106. The minimum atomic E-state index is -0.390. The Morgan fingerprint density at radius 3 is 2.43 bits per heavy atom. The van der Waals surface area contributed by atoms with Gasteiger partial charge in [0.2, 0.25) is 5.91 Å². The number of hydrogen-bond acceptors (Lipinski definition) is 6. The minimum absolute atomic E-state index is 0.0157. The maximum Gasteiger partial charge on any atom is 0.332 e. The average molecular weight is 415 g/mol. The Morgan fingerprint density at radius 1 is 1.10 bits per heavy atom. The van der Waals surface area contributed by atoms with Crippen LogP contribution in [0.25, 0.3) is 0 Å². The fraction of sp³-hybridized carbons (Fsp3) is 0.476. The maximum absolute atomic E-state index is 12.9. The smallest absolute Gasteiger partial charge is 0.332 e. The zero-order valence-corrected chi connectivity index (χ0v) is 17.9. The van der Waals surface area contributed by atoms with Gasteiger partial charge in [-0.2, -0.15) is 0 Å². The molecule has 1 saturated heterocycles. The average Bonchev–Trinajstić information content (AvgIpc) is 3.17. The van der Waals surface area contributed by atoms with E-state index in [0.29, 0.717) is 31.3 Å². The lowest BCUT2D eigenvalue weighted by atomic mass is 10.2. The second-order valence-electron chi connectivity index (χ2n) is 7.55. The van der Waals surface area contributed by atoms with Crippen LogP contribution < -0.4 is 21.5 Å². The monoisotopic (exact) mass is 414 g/mol. The molecule has 0 aliphatic carbocycles. The Morgan fingerprint density at radius 2 is 1.80 bits per heavy atom. The molecule has 9 heteroatoms. The van der Waals surface area contributed by atoms with E-state index in [1.54, 1.807) is 18.0 Å². The van der Waals surface area contributed by atoms with E-state index < -0.39 is 0 Å². The molecule has 1 N–H and O–H groups in total. The molecule has 0 saturated carbocycles. The quantitative estimate of drug-likeness (QED) is 0.666. The summed E-state index contributed by atoms with van der Waals surface area (Å²) in [5.74, 6) is 0.449. The molecule has 162 valence electrons. The highest BCUT2D eigenvalue weighted by Gasteiger charge is 2.30.